The largest absolute Gasteiger partial charge is 0.480 e. The molecule has 0 aliphatic heterocycles. The van der Waals surface area contributed by atoms with Gasteiger partial charge in [0.05, 0.1) is 6.04 Å². The first-order chi connectivity index (χ1) is 15.9. The predicted octanol–water partition coefficient (Wildman–Crippen LogP) is -1.34. The highest BCUT2D eigenvalue weighted by atomic mass is 32.2. The fourth-order valence-electron chi connectivity index (χ4n) is 3.01. The van der Waals surface area contributed by atoms with Gasteiger partial charge in [0.25, 0.3) is 0 Å². The smallest absolute Gasteiger partial charge is 0.326 e. The number of hydrogen-bond donors (Lipinski definition) is 7. The minimum Gasteiger partial charge on any atom is -0.480 e. The van der Waals surface area contributed by atoms with E-state index in [0.717, 1.165) is 0 Å². The molecule has 0 radical (unpaired) electrons. The van der Waals surface area contributed by atoms with E-state index in [-0.39, 0.29) is 19.3 Å². The van der Waals surface area contributed by atoms with Crippen molar-refractivity contribution >= 4 is 41.4 Å². The highest BCUT2D eigenvalue weighted by Crippen LogP contribution is 2.08. The van der Waals surface area contributed by atoms with Crippen LogP contribution in [0.15, 0.2) is 0 Å². The lowest BCUT2D eigenvalue weighted by molar-refractivity contribution is -0.143. The number of carbonyl (C=O) groups is 5. The molecule has 4 amide bonds. The number of thioether (sulfide) groups is 1. The van der Waals surface area contributed by atoms with Crippen LogP contribution in [-0.2, 0) is 24.0 Å². The van der Waals surface area contributed by atoms with Crippen LogP contribution in [0.2, 0.25) is 0 Å². The molecule has 34 heavy (non-hydrogen) atoms. The fraction of sp³-hybridized carbons (Fsp3) is 0.762. The van der Waals surface area contributed by atoms with E-state index in [9.17, 15) is 29.1 Å². The van der Waals surface area contributed by atoms with Crippen molar-refractivity contribution in [1.29, 1.82) is 0 Å². The number of amides is 4. The van der Waals surface area contributed by atoms with Crippen LogP contribution in [0.1, 0.15) is 52.4 Å². The van der Waals surface area contributed by atoms with Crippen LogP contribution < -0.4 is 33.2 Å². The molecular formula is C21H40N6O6S. The summed E-state index contributed by atoms with van der Waals surface area (Å²) < 4.78 is 0. The number of unbranched alkanes of at least 4 members (excludes halogenated alkanes) is 1. The molecule has 0 saturated carbocycles. The number of rotatable bonds is 18. The highest BCUT2D eigenvalue weighted by Gasteiger charge is 2.31. The lowest BCUT2D eigenvalue weighted by atomic mass is 10.0. The molecule has 0 saturated heterocycles. The van der Waals surface area contributed by atoms with Crippen molar-refractivity contribution in [2.75, 3.05) is 18.6 Å². The molecule has 0 aliphatic carbocycles. The lowest BCUT2D eigenvalue weighted by Gasteiger charge is -2.26. The first kappa shape index (κ1) is 31.6. The summed E-state index contributed by atoms with van der Waals surface area (Å²) in [5.41, 5.74) is 16.6. The predicted molar refractivity (Wildman–Crippen MR) is 131 cm³/mol. The van der Waals surface area contributed by atoms with Gasteiger partial charge in [-0.2, -0.15) is 11.8 Å². The van der Waals surface area contributed by atoms with Crippen LogP contribution in [0.4, 0.5) is 0 Å². The van der Waals surface area contributed by atoms with Crippen LogP contribution in [0.25, 0.3) is 0 Å². The summed E-state index contributed by atoms with van der Waals surface area (Å²) in [7, 11) is 0. The van der Waals surface area contributed by atoms with Crippen molar-refractivity contribution in [2.24, 2.45) is 23.1 Å². The van der Waals surface area contributed by atoms with Crippen LogP contribution in [0.3, 0.4) is 0 Å². The number of carboxylic acid groups (broad SMARTS) is 1. The summed E-state index contributed by atoms with van der Waals surface area (Å²) in [5, 5.41) is 16.9. The van der Waals surface area contributed by atoms with Gasteiger partial charge in [-0.25, -0.2) is 4.79 Å². The molecule has 0 spiro atoms. The van der Waals surface area contributed by atoms with Crippen molar-refractivity contribution in [3.63, 3.8) is 0 Å². The molecule has 0 heterocycles. The quantitative estimate of drug-likeness (QED) is 0.110. The van der Waals surface area contributed by atoms with Gasteiger partial charge in [-0.05, 0) is 56.6 Å². The van der Waals surface area contributed by atoms with Crippen molar-refractivity contribution < 1.29 is 29.1 Å². The minimum atomic E-state index is -1.23. The molecule has 0 fully saturated rings. The number of nitrogens with two attached hydrogens (primary N) is 3. The third-order valence-corrected chi connectivity index (χ3v) is 5.74. The Hall–Kier alpha value is -2.38. The van der Waals surface area contributed by atoms with Crippen molar-refractivity contribution in [1.82, 2.24) is 16.0 Å². The summed E-state index contributed by atoms with van der Waals surface area (Å²) in [4.78, 5) is 61.0. The monoisotopic (exact) mass is 504 g/mol. The average Bonchev–Trinajstić information content (AvgIpc) is 2.76. The Kier molecular flexibility index (Phi) is 15.9. The van der Waals surface area contributed by atoms with Crippen LogP contribution in [-0.4, -0.2) is 77.4 Å². The Bertz CT molecular complexity index is 693. The molecule has 0 aromatic carbocycles. The van der Waals surface area contributed by atoms with E-state index >= 15 is 0 Å². The van der Waals surface area contributed by atoms with E-state index in [1.807, 2.05) is 6.26 Å². The van der Waals surface area contributed by atoms with E-state index in [2.05, 4.69) is 16.0 Å². The maximum absolute atomic E-state index is 13.0. The van der Waals surface area contributed by atoms with Crippen LogP contribution >= 0.6 is 11.8 Å². The second-order valence-corrected chi connectivity index (χ2v) is 9.35. The minimum absolute atomic E-state index is 0.131. The summed E-state index contributed by atoms with van der Waals surface area (Å²) >= 11 is 1.54. The zero-order chi connectivity index (χ0) is 26.3. The molecule has 0 aromatic heterocycles. The Balaban J connectivity index is 5.52. The van der Waals surface area contributed by atoms with E-state index in [0.29, 0.717) is 31.6 Å². The highest BCUT2D eigenvalue weighted by molar-refractivity contribution is 7.98. The Labute approximate surface area is 204 Å². The number of nitrogens with one attached hydrogen (secondary N) is 3. The number of hydrogen-bond acceptors (Lipinski definition) is 8. The first-order valence-electron chi connectivity index (χ1n) is 11.3. The average molecular weight is 505 g/mol. The van der Waals surface area contributed by atoms with Gasteiger partial charge in [-0.15, -0.1) is 0 Å². The Morgan fingerprint density at radius 1 is 0.882 bits per heavy atom. The topological polar surface area (TPSA) is 220 Å². The van der Waals surface area contributed by atoms with Crippen molar-refractivity contribution in [2.45, 2.75) is 76.5 Å². The van der Waals surface area contributed by atoms with E-state index in [4.69, 9.17) is 17.2 Å². The molecule has 13 heteroatoms. The lowest BCUT2D eigenvalue weighted by Crippen LogP contribution is -2.57. The van der Waals surface area contributed by atoms with Crippen molar-refractivity contribution in [3.8, 4) is 0 Å². The third-order valence-electron chi connectivity index (χ3n) is 5.09. The summed E-state index contributed by atoms with van der Waals surface area (Å²) in [6.07, 6.45) is 3.41. The second-order valence-electron chi connectivity index (χ2n) is 8.37. The zero-order valence-electron chi connectivity index (χ0n) is 20.2. The van der Waals surface area contributed by atoms with Crippen LogP contribution in [0.5, 0.6) is 0 Å². The third kappa shape index (κ3) is 12.8. The fourth-order valence-corrected chi connectivity index (χ4v) is 3.50. The van der Waals surface area contributed by atoms with Gasteiger partial charge < -0.3 is 38.3 Å². The Morgan fingerprint density at radius 3 is 1.94 bits per heavy atom. The Morgan fingerprint density at radius 2 is 1.44 bits per heavy atom. The maximum Gasteiger partial charge on any atom is 0.326 e. The maximum atomic E-state index is 13.0. The SMILES string of the molecule is CSCCC(N)C(=O)NC(CCCCN)C(=O)NC(CCC(N)=O)C(=O)NC(C(=O)O)C(C)C. The number of aliphatic carboxylic acids is 1. The van der Waals surface area contributed by atoms with E-state index in [1.165, 1.54) is 0 Å². The first-order valence-corrected chi connectivity index (χ1v) is 12.7. The number of carboxylic acids is 1. The molecule has 10 N–H and O–H groups in total. The molecule has 4 unspecified atom stereocenters. The normalized spacial score (nSPS) is 14.5. The van der Waals surface area contributed by atoms with E-state index in [1.54, 1.807) is 25.6 Å². The molecule has 4 atom stereocenters. The summed E-state index contributed by atoms with van der Waals surface area (Å²) in [6.45, 7) is 3.66. The molecule has 0 rings (SSSR count). The molecular weight excluding hydrogens is 464 g/mol. The number of primary amides is 1. The van der Waals surface area contributed by atoms with Gasteiger partial charge in [-0.3, -0.25) is 19.2 Å². The molecule has 0 aromatic rings. The summed E-state index contributed by atoms with van der Waals surface area (Å²) in [6, 6.07) is -4.19. The van der Waals surface area contributed by atoms with Crippen molar-refractivity contribution in [3.05, 3.63) is 0 Å². The van der Waals surface area contributed by atoms with Gasteiger partial charge >= 0.3 is 5.97 Å². The second kappa shape index (κ2) is 17.1. The van der Waals surface area contributed by atoms with Gasteiger partial charge in [0.2, 0.25) is 23.6 Å². The van der Waals surface area contributed by atoms with E-state index < -0.39 is 59.7 Å². The van der Waals surface area contributed by atoms with Gasteiger partial charge in [-0.1, -0.05) is 13.8 Å². The van der Waals surface area contributed by atoms with Gasteiger partial charge in [0.15, 0.2) is 0 Å². The number of carbonyl (C=O) groups excluding carboxylic acids is 4. The molecule has 0 aliphatic rings. The molecule has 196 valence electrons. The molecule has 12 nitrogen and oxygen atoms in total. The standard InChI is InChI=1S/C21H40N6O6S/c1-12(2)17(21(32)33)27-20(31)15(7-8-16(24)28)26-19(30)14(6-4-5-10-22)25-18(29)13(23)9-11-34-3/h12-15,17H,4-11,22-23H2,1-3H3,(H2,24,28)(H,25,29)(H,26,30)(H,27,31)(H,32,33). The summed E-state index contributed by atoms with van der Waals surface area (Å²) in [5.74, 6) is -3.56. The molecule has 0 bridgehead atoms. The zero-order valence-corrected chi connectivity index (χ0v) is 21.0. The van der Waals surface area contributed by atoms with Crippen LogP contribution in [0, 0.1) is 5.92 Å². The van der Waals surface area contributed by atoms with Gasteiger partial charge in [0.1, 0.15) is 18.1 Å². The van der Waals surface area contributed by atoms with Gasteiger partial charge in [0, 0.05) is 6.42 Å².